The van der Waals surface area contributed by atoms with E-state index in [9.17, 15) is 0 Å². The Labute approximate surface area is 418 Å². The molecule has 14 rings (SSSR count). The first kappa shape index (κ1) is 41.8. The second-order valence-corrected chi connectivity index (χ2v) is 19.6. The molecule has 13 aromatic rings. The lowest BCUT2D eigenvalue weighted by Gasteiger charge is -2.26. The van der Waals surface area contributed by atoms with Crippen LogP contribution >= 0.6 is 0 Å². The summed E-state index contributed by atoms with van der Waals surface area (Å²) in [4.78, 5) is 2.36. The SMILES string of the molecule is CC1(C)c2ccc(-c3ccc(N(c4ccc(-c5cccc6c5oc5ccccc56)cc4)c4cccc(-c5cccc6c5oc5ccccc56)c4)cc3)cc2-c2cc(-c3ccccc3)cc(-c3ccccc3)c21. The molecule has 0 saturated heterocycles. The molecular weight excluding hydrogens is 875 g/mol. The molecule has 3 nitrogen and oxygen atoms in total. The fourth-order valence-electron chi connectivity index (χ4n) is 11.6. The monoisotopic (exact) mass is 921 g/mol. The minimum absolute atomic E-state index is 0.188. The maximum Gasteiger partial charge on any atom is 0.143 e. The van der Waals surface area contributed by atoms with Crippen LogP contribution in [0.5, 0.6) is 0 Å². The first-order chi connectivity index (χ1) is 35.4. The van der Waals surface area contributed by atoms with Crippen molar-refractivity contribution in [2.75, 3.05) is 4.90 Å². The second kappa shape index (κ2) is 16.5. The number of nitrogens with zero attached hydrogens (tertiary/aromatic N) is 1. The zero-order valence-electron chi connectivity index (χ0n) is 39.9. The first-order valence-electron chi connectivity index (χ1n) is 24.8. The van der Waals surface area contributed by atoms with Gasteiger partial charge in [-0.25, -0.2) is 0 Å². The van der Waals surface area contributed by atoms with E-state index >= 15 is 0 Å². The van der Waals surface area contributed by atoms with Crippen molar-refractivity contribution >= 4 is 60.9 Å². The van der Waals surface area contributed by atoms with E-state index in [1.54, 1.807) is 0 Å². The fourth-order valence-corrected chi connectivity index (χ4v) is 11.6. The highest BCUT2D eigenvalue weighted by atomic mass is 16.3. The van der Waals surface area contributed by atoms with E-state index in [1.807, 2.05) is 24.3 Å². The summed E-state index contributed by atoms with van der Waals surface area (Å²) in [7, 11) is 0. The lowest BCUT2D eigenvalue weighted by Crippen LogP contribution is -2.16. The molecule has 1 aliphatic carbocycles. The summed E-state index contributed by atoms with van der Waals surface area (Å²) in [5, 5.41) is 4.48. The molecule has 2 heterocycles. The fraction of sp³-hybridized carbons (Fsp3) is 0.0435. The lowest BCUT2D eigenvalue weighted by molar-refractivity contribution is 0.662. The minimum atomic E-state index is -0.188. The van der Waals surface area contributed by atoms with Gasteiger partial charge in [-0.1, -0.05) is 196 Å². The van der Waals surface area contributed by atoms with Gasteiger partial charge in [0.15, 0.2) is 0 Å². The van der Waals surface area contributed by atoms with Crippen LogP contribution in [0.15, 0.2) is 258 Å². The smallest absolute Gasteiger partial charge is 0.143 e. The summed E-state index contributed by atoms with van der Waals surface area (Å²) in [5.41, 5.74) is 23.5. The van der Waals surface area contributed by atoms with Gasteiger partial charge in [-0.15, -0.1) is 0 Å². The Hall–Kier alpha value is -9.18. The third kappa shape index (κ3) is 6.73. The van der Waals surface area contributed by atoms with Crippen molar-refractivity contribution in [3.8, 4) is 66.8 Å². The van der Waals surface area contributed by atoms with Gasteiger partial charge in [-0.2, -0.15) is 0 Å². The molecule has 1 aliphatic rings. The largest absolute Gasteiger partial charge is 0.455 e. The van der Waals surface area contributed by atoms with Gasteiger partial charge in [-0.05, 0) is 133 Å². The molecular formula is C69H47NO2. The van der Waals surface area contributed by atoms with Gasteiger partial charge < -0.3 is 13.7 Å². The third-order valence-corrected chi connectivity index (χ3v) is 15.1. The quantitative estimate of drug-likeness (QED) is 0.152. The van der Waals surface area contributed by atoms with Crippen molar-refractivity contribution in [3.05, 3.63) is 260 Å². The standard InChI is InChI=1S/C69H47NO2/c1-69(2)63-39-34-48(41-61(63)62-43-50(44-16-5-3-6-17-44)42-60(66(62)69)46-18-7-4-8-19-46)45-30-35-51(36-31-45)70(52-37-32-47(33-38-52)54-24-14-26-58-56-22-9-11-28-64(56)71-67(54)58)53-21-13-20-49(40-53)55-25-15-27-59-57-23-10-12-29-65(57)72-68(55)59/h3-43H,1-2H3. The van der Waals surface area contributed by atoms with Gasteiger partial charge in [0.2, 0.25) is 0 Å². The van der Waals surface area contributed by atoms with Gasteiger partial charge in [0.05, 0.1) is 0 Å². The summed E-state index contributed by atoms with van der Waals surface area (Å²) in [6, 6.07) is 89.8. The van der Waals surface area contributed by atoms with Gasteiger partial charge in [0, 0.05) is 55.1 Å². The highest BCUT2D eigenvalue weighted by Crippen LogP contribution is 2.54. The zero-order chi connectivity index (χ0) is 47.9. The highest BCUT2D eigenvalue weighted by Gasteiger charge is 2.38. The molecule has 0 unspecified atom stereocenters. The molecule has 0 saturated carbocycles. The third-order valence-electron chi connectivity index (χ3n) is 15.1. The number of hydrogen-bond donors (Lipinski definition) is 0. The predicted octanol–water partition coefficient (Wildman–Crippen LogP) is 19.6. The molecule has 72 heavy (non-hydrogen) atoms. The Bertz CT molecular complexity index is 4220. The average Bonchev–Trinajstić information content (AvgIpc) is 4.09. The molecule has 0 amide bonds. The molecule has 0 atom stereocenters. The molecule has 11 aromatic carbocycles. The van der Waals surface area contributed by atoms with Gasteiger partial charge in [0.1, 0.15) is 22.3 Å². The number of benzene rings is 11. The molecule has 2 aromatic heterocycles. The molecule has 0 fully saturated rings. The van der Waals surface area contributed by atoms with E-state index in [-0.39, 0.29) is 5.41 Å². The second-order valence-electron chi connectivity index (χ2n) is 19.6. The van der Waals surface area contributed by atoms with Gasteiger partial charge in [0.25, 0.3) is 0 Å². The van der Waals surface area contributed by atoms with Crippen molar-refractivity contribution in [1.82, 2.24) is 0 Å². The van der Waals surface area contributed by atoms with Crippen LogP contribution in [0.1, 0.15) is 25.0 Å². The van der Waals surface area contributed by atoms with Crippen molar-refractivity contribution in [3.63, 3.8) is 0 Å². The summed E-state index contributed by atoms with van der Waals surface area (Å²) >= 11 is 0. The molecule has 340 valence electrons. The molecule has 0 bridgehead atoms. The first-order valence-corrected chi connectivity index (χ1v) is 24.8. The highest BCUT2D eigenvalue weighted by molar-refractivity contribution is 6.11. The van der Waals surface area contributed by atoms with Crippen LogP contribution < -0.4 is 4.90 Å². The van der Waals surface area contributed by atoms with E-state index in [4.69, 9.17) is 8.83 Å². The van der Waals surface area contributed by atoms with E-state index < -0.39 is 0 Å². The van der Waals surface area contributed by atoms with E-state index in [2.05, 4.69) is 243 Å². The maximum atomic E-state index is 6.56. The summed E-state index contributed by atoms with van der Waals surface area (Å²) in [5.74, 6) is 0. The average molecular weight is 922 g/mol. The Balaban J connectivity index is 0.878. The predicted molar refractivity (Wildman–Crippen MR) is 300 cm³/mol. The Kier molecular flexibility index (Phi) is 9.56. The Morgan fingerprint density at radius 3 is 1.39 bits per heavy atom. The number of hydrogen-bond acceptors (Lipinski definition) is 3. The number of furan rings is 2. The molecule has 0 aliphatic heterocycles. The van der Waals surface area contributed by atoms with E-state index in [1.165, 1.54) is 50.1 Å². The Morgan fingerprint density at radius 2 is 0.750 bits per heavy atom. The lowest BCUT2D eigenvalue weighted by atomic mass is 9.78. The van der Waals surface area contributed by atoms with Crippen molar-refractivity contribution < 1.29 is 8.83 Å². The van der Waals surface area contributed by atoms with Crippen LogP contribution in [0, 0.1) is 0 Å². The number of fused-ring (bicyclic) bond motifs is 9. The van der Waals surface area contributed by atoms with Gasteiger partial charge >= 0.3 is 0 Å². The van der Waals surface area contributed by atoms with Crippen molar-refractivity contribution in [2.24, 2.45) is 0 Å². The number of rotatable bonds is 8. The summed E-state index contributed by atoms with van der Waals surface area (Å²) < 4.78 is 13.0. The van der Waals surface area contributed by atoms with Crippen molar-refractivity contribution in [2.45, 2.75) is 19.3 Å². The minimum Gasteiger partial charge on any atom is -0.455 e. The molecule has 0 radical (unpaired) electrons. The molecule has 0 N–H and O–H groups in total. The van der Waals surface area contributed by atoms with Crippen LogP contribution in [-0.2, 0) is 5.41 Å². The summed E-state index contributed by atoms with van der Waals surface area (Å²) in [6.45, 7) is 4.76. The van der Waals surface area contributed by atoms with Crippen molar-refractivity contribution in [1.29, 1.82) is 0 Å². The van der Waals surface area contributed by atoms with Crippen LogP contribution in [0.4, 0.5) is 17.1 Å². The summed E-state index contributed by atoms with van der Waals surface area (Å²) in [6.07, 6.45) is 0. The van der Waals surface area contributed by atoms with E-state index in [0.717, 1.165) is 88.8 Å². The zero-order valence-corrected chi connectivity index (χ0v) is 39.9. The van der Waals surface area contributed by atoms with E-state index in [0.29, 0.717) is 0 Å². The number of para-hydroxylation sites is 4. The number of anilines is 3. The van der Waals surface area contributed by atoms with Crippen LogP contribution in [-0.4, -0.2) is 0 Å². The Morgan fingerprint density at radius 1 is 0.292 bits per heavy atom. The van der Waals surface area contributed by atoms with Crippen LogP contribution in [0.2, 0.25) is 0 Å². The maximum absolute atomic E-state index is 6.56. The van der Waals surface area contributed by atoms with Crippen LogP contribution in [0.25, 0.3) is 111 Å². The molecule has 0 spiro atoms. The van der Waals surface area contributed by atoms with Crippen LogP contribution in [0.3, 0.4) is 0 Å². The normalized spacial score (nSPS) is 12.7. The van der Waals surface area contributed by atoms with Gasteiger partial charge in [-0.3, -0.25) is 0 Å². The molecule has 3 heteroatoms. The topological polar surface area (TPSA) is 29.5 Å².